The Morgan fingerprint density at radius 1 is 1.40 bits per heavy atom. The summed E-state index contributed by atoms with van der Waals surface area (Å²) in [6.45, 7) is 0. The van der Waals surface area contributed by atoms with Gasteiger partial charge in [-0.15, -0.1) is 0 Å². The summed E-state index contributed by atoms with van der Waals surface area (Å²) in [6.07, 6.45) is 0. The maximum Gasteiger partial charge on any atom is 0.323 e. The second-order valence-electron chi connectivity index (χ2n) is 2.96. The van der Waals surface area contributed by atoms with E-state index in [9.17, 15) is 4.39 Å². The van der Waals surface area contributed by atoms with Gasteiger partial charge in [0.1, 0.15) is 5.82 Å². The fraction of sp³-hybridized carbons (Fsp3) is 0.111. The van der Waals surface area contributed by atoms with Gasteiger partial charge in [-0.05, 0) is 18.2 Å². The Morgan fingerprint density at radius 3 is 2.80 bits per heavy atom. The molecule has 0 saturated heterocycles. The van der Waals surface area contributed by atoms with Crippen molar-refractivity contribution in [3.63, 3.8) is 0 Å². The molecule has 0 saturated carbocycles. The van der Waals surface area contributed by atoms with Gasteiger partial charge < -0.3 is 10.2 Å². The lowest BCUT2D eigenvalue weighted by atomic mass is 10.3. The maximum atomic E-state index is 12.9. The smallest absolute Gasteiger partial charge is 0.323 e. The molecule has 78 valence electrons. The molecule has 1 heterocycles. The van der Waals surface area contributed by atoms with E-state index < -0.39 is 0 Å². The summed E-state index contributed by atoms with van der Waals surface area (Å²) in [5, 5.41) is 7.19. The molecule has 0 aliphatic carbocycles. The third kappa shape index (κ3) is 1.88. The van der Waals surface area contributed by atoms with E-state index in [4.69, 9.17) is 10.2 Å². The molecule has 15 heavy (non-hydrogen) atoms. The van der Waals surface area contributed by atoms with Gasteiger partial charge in [0.2, 0.25) is 0 Å². The second-order valence-corrected chi connectivity index (χ2v) is 2.96. The van der Waals surface area contributed by atoms with Gasteiger partial charge in [0.05, 0.1) is 0 Å². The molecule has 2 aromatic rings. The van der Waals surface area contributed by atoms with Gasteiger partial charge in [0.15, 0.2) is 0 Å². The molecule has 6 heteroatoms. The normalized spacial score (nSPS) is 10.3. The predicted molar refractivity (Wildman–Crippen MR) is 53.2 cm³/mol. The Morgan fingerprint density at radius 2 is 2.20 bits per heavy atom. The van der Waals surface area contributed by atoms with Crippen molar-refractivity contribution < 1.29 is 8.81 Å². The maximum absolute atomic E-state index is 12.9. The average Bonchev–Trinajstić information content (AvgIpc) is 2.64. The van der Waals surface area contributed by atoms with Crippen LogP contribution in [0.1, 0.15) is 0 Å². The lowest BCUT2D eigenvalue weighted by Gasteiger charge is -2.13. The van der Waals surface area contributed by atoms with E-state index in [1.807, 2.05) is 0 Å². The minimum atomic E-state index is -0.327. The van der Waals surface area contributed by atoms with Gasteiger partial charge in [0.25, 0.3) is 0 Å². The molecule has 2 N–H and O–H groups in total. The fourth-order valence-corrected chi connectivity index (χ4v) is 1.16. The summed E-state index contributed by atoms with van der Waals surface area (Å²) in [6, 6.07) is 6.25. The van der Waals surface area contributed by atoms with Crippen molar-refractivity contribution in [2.75, 3.05) is 17.7 Å². The zero-order chi connectivity index (χ0) is 10.8. The molecule has 0 spiro atoms. The Labute approximate surface area is 85.3 Å². The fourth-order valence-electron chi connectivity index (χ4n) is 1.16. The number of hydrogen-bond donors (Lipinski definition) is 1. The number of nitrogens with two attached hydrogens (primary N) is 1. The van der Waals surface area contributed by atoms with Gasteiger partial charge in [0, 0.05) is 12.7 Å². The van der Waals surface area contributed by atoms with Crippen LogP contribution in [-0.4, -0.2) is 17.2 Å². The first-order valence-corrected chi connectivity index (χ1v) is 4.25. The van der Waals surface area contributed by atoms with E-state index in [1.165, 1.54) is 12.1 Å². The molecule has 0 aliphatic rings. The van der Waals surface area contributed by atoms with Crippen LogP contribution in [0.3, 0.4) is 0 Å². The van der Waals surface area contributed by atoms with Crippen LogP contribution in [0.2, 0.25) is 0 Å². The lowest BCUT2D eigenvalue weighted by molar-refractivity contribution is 0.575. The minimum Gasteiger partial charge on any atom is -0.389 e. The Bertz CT molecular complexity index is 471. The molecule has 5 nitrogen and oxygen atoms in total. The van der Waals surface area contributed by atoms with Crippen molar-refractivity contribution >= 4 is 17.7 Å². The van der Waals surface area contributed by atoms with E-state index in [0.29, 0.717) is 5.69 Å². The largest absolute Gasteiger partial charge is 0.389 e. The van der Waals surface area contributed by atoms with Gasteiger partial charge in [-0.2, -0.15) is 0 Å². The highest BCUT2D eigenvalue weighted by Crippen LogP contribution is 2.22. The summed E-state index contributed by atoms with van der Waals surface area (Å²) in [5.41, 5.74) is 5.89. The lowest BCUT2D eigenvalue weighted by Crippen LogP contribution is -2.09. The van der Waals surface area contributed by atoms with Crippen molar-refractivity contribution in [2.45, 2.75) is 0 Å². The summed E-state index contributed by atoms with van der Waals surface area (Å²) >= 11 is 0. The van der Waals surface area contributed by atoms with Crippen molar-refractivity contribution in [1.82, 2.24) is 10.2 Å². The highest BCUT2D eigenvalue weighted by Gasteiger charge is 2.11. The first-order chi connectivity index (χ1) is 7.16. The van der Waals surface area contributed by atoms with Crippen LogP contribution >= 0.6 is 0 Å². The highest BCUT2D eigenvalue weighted by atomic mass is 19.1. The number of hydrogen-bond acceptors (Lipinski definition) is 5. The number of nitrogen functional groups attached to an aromatic ring is 1. The van der Waals surface area contributed by atoms with E-state index in [1.54, 1.807) is 24.1 Å². The molecular formula is C9H9FN4O. The van der Waals surface area contributed by atoms with Gasteiger partial charge in [-0.3, -0.25) is 4.90 Å². The van der Waals surface area contributed by atoms with Gasteiger partial charge in [-0.1, -0.05) is 16.3 Å². The molecule has 0 amide bonds. The minimum absolute atomic E-state index is 0.0201. The van der Waals surface area contributed by atoms with Crippen LogP contribution in [0.4, 0.5) is 22.1 Å². The average molecular weight is 208 g/mol. The van der Waals surface area contributed by atoms with Crippen molar-refractivity contribution in [3.05, 3.63) is 30.1 Å². The van der Waals surface area contributed by atoms with E-state index >= 15 is 0 Å². The van der Waals surface area contributed by atoms with Crippen molar-refractivity contribution in [1.29, 1.82) is 0 Å². The quantitative estimate of drug-likeness (QED) is 0.811. The van der Waals surface area contributed by atoms with Crippen LogP contribution in [0, 0.1) is 5.82 Å². The SMILES string of the molecule is CN(c1cccc(F)c1)c1nnc(N)o1. The predicted octanol–water partition coefficient (Wildman–Crippen LogP) is 1.56. The van der Waals surface area contributed by atoms with E-state index in [-0.39, 0.29) is 17.8 Å². The second kappa shape index (κ2) is 3.56. The van der Waals surface area contributed by atoms with Gasteiger partial charge in [-0.25, -0.2) is 4.39 Å². The molecule has 1 aromatic carbocycles. The van der Waals surface area contributed by atoms with E-state index in [2.05, 4.69) is 10.2 Å². The third-order valence-corrected chi connectivity index (χ3v) is 1.91. The molecule has 1 aromatic heterocycles. The van der Waals surface area contributed by atoms with Crippen LogP contribution in [0.5, 0.6) is 0 Å². The number of aromatic nitrogens is 2. The summed E-state index contributed by atoms with van der Waals surface area (Å²) in [7, 11) is 1.68. The number of rotatable bonds is 2. The summed E-state index contributed by atoms with van der Waals surface area (Å²) in [5.74, 6) is -0.327. The Balaban J connectivity index is 2.32. The molecule has 0 aliphatic heterocycles. The summed E-state index contributed by atoms with van der Waals surface area (Å²) < 4.78 is 17.9. The Hall–Kier alpha value is -2.11. The van der Waals surface area contributed by atoms with Crippen LogP contribution in [0.15, 0.2) is 28.7 Å². The number of benzene rings is 1. The standard InChI is InChI=1S/C9H9FN4O/c1-14(9-13-12-8(11)15-9)7-4-2-3-6(10)5-7/h2-5H,1H3,(H2,11,12). The van der Waals surface area contributed by atoms with Crippen molar-refractivity contribution in [2.24, 2.45) is 0 Å². The van der Waals surface area contributed by atoms with Crippen LogP contribution < -0.4 is 10.6 Å². The number of anilines is 3. The zero-order valence-electron chi connectivity index (χ0n) is 8.01. The molecule has 0 unspecified atom stereocenters. The third-order valence-electron chi connectivity index (χ3n) is 1.91. The molecule has 0 bridgehead atoms. The monoisotopic (exact) mass is 208 g/mol. The number of nitrogens with zero attached hydrogens (tertiary/aromatic N) is 3. The van der Waals surface area contributed by atoms with Crippen LogP contribution in [-0.2, 0) is 0 Å². The number of halogens is 1. The highest BCUT2D eigenvalue weighted by molar-refractivity contribution is 5.54. The van der Waals surface area contributed by atoms with Crippen molar-refractivity contribution in [3.8, 4) is 0 Å². The molecule has 2 rings (SSSR count). The molecular weight excluding hydrogens is 199 g/mol. The Kier molecular flexibility index (Phi) is 2.24. The molecule has 0 atom stereocenters. The first-order valence-electron chi connectivity index (χ1n) is 4.25. The van der Waals surface area contributed by atoms with Crippen LogP contribution in [0.25, 0.3) is 0 Å². The molecule has 0 fully saturated rings. The van der Waals surface area contributed by atoms with E-state index in [0.717, 1.165) is 0 Å². The van der Waals surface area contributed by atoms with Gasteiger partial charge >= 0.3 is 12.0 Å². The first kappa shape index (κ1) is 9.45. The zero-order valence-corrected chi connectivity index (χ0v) is 8.01. The summed E-state index contributed by atoms with van der Waals surface area (Å²) in [4.78, 5) is 1.55. The topological polar surface area (TPSA) is 68.2 Å². The molecule has 0 radical (unpaired) electrons.